The molecular formula is C17H19FN4O. The molecule has 1 aromatic carbocycles. The Morgan fingerprint density at radius 3 is 2.78 bits per heavy atom. The molecule has 1 aliphatic heterocycles. The van der Waals surface area contributed by atoms with Crippen molar-refractivity contribution in [3.05, 3.63) is 54.1 Å². The minimum Gasteiger partial charge on any atom is -0.369 e. The Bertz CT molecular complexity index is 672. The van der Waals surface area contributed by atoms with Crippen LogP contribution in [0.1, 0.15) is 18.4 Å². The van der Waals surface area contributed by atoms with Gasteiger partial charge in [0.2, 0.25) is 0 Å². The van der Waals surface area contributed by atoms with E-state index < -0.39 is 0 Å². The summed E-state index contributed by atoms with van der Waals surface area (Å²) in [4.78, 5) is 17.9. The highest BCUT2D eigenvalue weighted by Gasteiger charge is 2.16. The predicted molar refractivity (Wildman–Crippen MR) is 87.9 cm³/mol. The average Bonchev–Trinajstić information content (AvgIpc) is 3.08. The number of carbonyl (C=O) groups excluding carboxylic acids is 1. The highest BCUT2D eigenvalue weighted by atomic mass is 19.1. The van der Waals surface area contributed by atoms with Crippen LogP contribution in [-0.2, 0) is 6.54 Å². The largest absolute Gasteiger partial charge is 0.369 e. The van der Waals surface area contributed by atoms with Gasteiger partial charge in [0.25, 0.3) is 0 Å². The van der Waals surface area contributed by atoms with Gasteiger partial charge in [-0.25, -0.2) is 9.18 Å². The van der Waals surface area contributed by atoms with E-state index in [0.717, 1.165) is 31.5 Å². The monoisotopic (exact) mass is 314 g/mol. The second-order valence-electron chi connectivity index (χ2n) is 5.53. The minimum atomic E-state index is -0.373. The van der Waals surface area contributed by atoms with E-state index in [1.807, 2.05) is 11.0 Å². The van der Waals surface area contributed by atoms with Gasteiger partial charge in [-0.15, -0.1) is 0 Å². The summed E-state index contributed by atoms with van der Waals surface area (Å²) in [5.74, 6) is -0.308. The molecule has 120 valence electrons. The number of hydrogen-bond donors (Lipinski definition) is 2. The third kappa shape index (κ3) is 3.97. The van der Waals surface area contributed by atoms with Gasteiger partial charge in [0.1, 0.15) is 5.82 Å². The average molecular weight is 314 g/mol. The number of hydrogen-bond acceptors (Lipinski definition) is 3. The van der Waals surface area contributed by atoms with Crippen molar-refractivity contribution in [1.82, 2.24) is 10.3 Å². The van der Waals surface area contributed by atoms with Crippen molar-refractivity contribution in [2.45, 2.75) is 19.4 Å². The van der Waals surface area contributed by atoms with Crippen LogP contribution in [0.15, 0.2) is 42.7 Å². The minimum absolute atomic E-state index is 0.308. The molecule has 0 aliphatic carbocycles. The normalized spacial score (nSPS) is 13.9. The summed E-state index contributed by atoms with van der Waals surface area (Å²) in [6, 6.07) is 8.11. The standard InChI is InChI=1S/C17H19FN4O/c18-15-10-14(5-6-16(15)22-8-1-2-9-22)21-17(23)20-12-13-4-3-7-19-11-13/h3-7,10-11H,1-2,8-9,12H2,(H2,20,21,23). The fourth-order valence-corrected chi connectivity index (χ4v) is 2.66. The third-order valence-corrected chi connectivity index (χ3v) is 3.83. The van der Waals surface area contributed by atoms with Crippen LogP contribution in [0.3, 0.4) is 0 Å². The Kier molecular flexibility index (Phi) is 4.71. The number of amides is 2. The number of aromatic nitrogens is 1. The van der Waals surface area contributed by atoms with Gasteiger partial charge in [0, 0.05) is 37.7 Å². The first-order valence-electron chi connectivity index (χ1n) is 7.70. The molecule has 0 radical (unpaired) electrons. The van der Waals surface area contributed by atoms with Crippen LogP contribution in [0.5, 0.6) is 0 Å². The highest BCUT2D eigenvalue weighted by Crippen LogP contribution is 2.25. The van der Waals surface area contributed by atoms with Crippen molar-refractivity contribution in [2.24, 2.45) is 0 Å². The molecule has 2 N–H and O–H groups in total. The third-order valence-electron chi connectivity index (χ3n) is 3.83. The molecule has 3 rings (SSSR count). The van der Waals surface area contributed by atoms with Gasteiger partial charge in [0.05, 0.1) is 5.69 Å². The zero-order valence-corrected chi connectivity index (χ0v) is 12.8. The number of urea groups is 1. The first-order valence-corrected chi connectivity index (χ1v) is 7.70. The van der Waals surface area contributed by atoms with Gasteiger partial charge in [-0.1, -0.05) is 6.07 Å². The lowest BCUT2D eigenvalue weighted by Gasteiger charge is -2.19. The number of benzene rings is 1. The van der Waals surface area contributed by atoms with E-state index in [9.17, 15) is 9.18 Å². The molecule has 0 unspecified atom stereocenters. The highest BCUT2D eigenvalue weighted by molar-refractivity contribution is 5.89. The van der Waals surface area contributed by atoms with Crippen LogP contribution < -0.4 is 15.5 Å². The second-order valence-corrected chi connectivity index (χ2v) is 5.53. The lowest BCUT2D eigenvalue weighted by atomic mass is 10.2. The van der Waals surface area contributed by atoms with Crippen LogP contribution in [0.2, 0.25) is 0 Å². The molecule has 0 atom stereocenters. The van der Waals surface area contributed by atoms with Crippen LogP contribution in [0.4, 0.5) is 20.6 Å². The van der Waals surface area contributed by atoms with Crippen LogP contribution in [-0.4, -0.2) is 24.1 Å². The molecule has 2 heterocycles. The van der Waals surface area contributed by atoms with Crippen LogP contribution in [0.25, 0.3) is 0 Å². The summed E-state index contributed by atoms with van der Waals surface area (Å²) < 4.78 is 14.2. The summed E-state index contributed by atoms with van der Waals surface area (Å²) in [6.07, 6.45) is 5.55. The molecule has 0 saturated carbocycles. The molecule has 2 aromatic rings. The van der Waals surface area contributed by atoms with Gasteiger partial charge >= 0.3 is 6.03 Å². The topological polar surface area (TPSA) is 57.3 Å². The maximum Gasteiger partial charge on any atom is 0.319 e. The van der Waals surface area contributed by atoms with E-state index in [1.165, 1.54) is 6.07 Å². The van der Waals surface area contributed by atoms with Crippen molar-refractivity contribution >= 4 is 17.4 Å². The first-order chi connectivity index (χ1) is 11.2. The molecule has 23 heavy (non-hydrogen) atoms. The molecule has 6 heteroatoms. The Hall–Kier alpha value is -2.63. The van der Waals surface area contributed by atoms with Crippen molar-refractivity contribution < 1.29 is 9.18 Å². The lowest BCUT2D eigenvalue weighted by Crippen LogP contribution is -2.28. The fraction of sp³-hybridized carbons (Fsp3) is 0.294. The first kappa shape index (κ1) is 15.3. The van der Waals surface area contributed by atoms with Gasteiger partial charge < -0.3 is 15.5 Å². The molecular weight excluding hydrogens is 295 g/mol. The number of pyridine rings is 1. The SMILES string of the molecule is O=C(NCc1cccnc1)Nc1ccc(N2CCCC2)c(F)c1. The Morgan fingerprint density at radius 1 is 1.26 bits per heavy atom. The van der Waals surface area contributed by atoms with Gasteiger partial charge in [0.15, 0.2) is 0 Å². The maximum absolute atomic E-state index is 14.2. The van der Waals surface area contributed by atoms with E-state index in [0.29, 0.717) is 17.9 Å². The van der Waals surface area contributed by atoms with Gasteiger partial charge in [-0.05, 0) is 42.7 Å². The number of carbonyl (C=O) groups is 1. The molecule has 1 aromatic heterocycles. The summed E-state index contributed by atoms with van der Waals surface area (Å²) in [5.41, 5.74) is 1.94. The summed E-state index contributed by atoms with van der Waals surface area (Å²) >= 11 is 0. The Labute approximate surface area is 134 Å². The number of nitrogens with one attached hydrogen (secondary N) is 2. The smallest absolute Gasteiger partial charge is 0.319 e. The van der Waals surface area contributed by atoms with E-state index in [-0.39, 0.29) is 11.8 Å². The van der Waals surface area contributed by atoms with Crippen molar-refractivity contribution in [3.63, 3.8) is 0 Å². The fourth-order valence-electron chi connectivity index (χ4n) is 2.66. The number of anilines is 2. The summed E-state index contributed by atoms with van der Waals surface area (Å²) in [7, 11) is 0. The molecule has 1 fully saturated rings. The molecule has 0 bridgehead atoms. The zero-order valence-electron chi connectivity index (χ0n) is 12.8. The van der Waals surface area contributed by atoms with Crippen molar-refractivity contribution in [1.29, 1.82) is 0 Å². The Morgan fingerprint density at radius 2 is 2.09 bits per heavy atom. The quantitative estimate of drug-likeness (QED) is 0.911. The maximum atomic E-state index is 14.2. The van der Waals surface area contributed by atoms with Crippen molar-refractivity contribution in [2.75, 3.05) is 23.3 Å². The van der Waals surface area contributed by atoms with E-state index in [1.54, 1.807) is 30.6 Å². The molecule has 0 spiro atoms. The summed E-state index contributed by atoms with van der Waals surface area (Å²) in [5, 5.41) is 5.36. The summed E-state index contributed by atoms with van der Waals surface area (Å²) in [6.45, 7) is 2.14. The van der Waals surface area contributed by atoms with E-state index >= 15 is 0 Å². The van der Waals surface area contributed by atoms with Crippen LogP contribution in [0, 0.1) is 5.82 Å². The second kappa shape index (κ2) is 7.09. The molecule has 5 nitrogen and oxygen atoms in total. The molecule has 2 amide bonds. The lowest BCUT2D eigenvalue weighted by molar-refractivity contribution is 0.251. The van der Waals surface area contributed by atoms with Crippen molar-refractivity contribution in [3.8, 4) is 0 Å². The van der Waals surface area contributed by atoms with Crippen LogP contribution >= 0.6 is 0 Å². The predicted octanol–water partition coefficient (Wildman–Crippen LogP) is 3.14. The van der Waals surface area contributed by atoms with E-state index in [4.69, 9.17) is 0 Å². The number of halogens is 1. The van der Waals surface area contributed by atoms with Gasteiger partial charge in [-0.3, -0.25) is 4.98 Å². The molecule has 1 saturated heterocycles. The van der Waals surface area contributed by atoms with Gasteiger partial charge in [-0.2, -0.15) is 0 Å². The molecule has 1 aliphatic rings. The number of nitrogens with zero attached hydrogens (tertiary/aromatic N) is 2. The zero-order chi connectivity index (χ0) is 16.1. The van der Waals surface area contributed by atoms with E-state index in [2.05, 4.69) is 15.6 Å². The Balaban J connectivity index is 1.57. The number of rotatable bonds is 4.